The summed E-state index contributed by atoms with van der Waals surface area (Å²) < 4.78 is 0. The minimum absolute atomic E-state index is 0.686. The molecule has 102 valence electrons. The third kappa shape index (κ3) is 2.35. The summed E-state index contributed by atoms with van der Waals surface area (Å²) in [4.78, 5) is 3.36. The van der Waals surface area contributed by atoms with Crippen molar-refractivity contribution in [2.75, 3.05) is 6.54 Å². The molecule has 20 heavy (non-hydrogen) atoms. The zero-order valence-corrected chi connectivity index (χ0v) is 12.0. The number of aromatic nitrogens is 1. The van der Waals surface area contributed by atoms with Crippen LogP contribution in [0.15, 0.2) is 42.6 Å². The molecule has 0 amide bonds. The first-order chi connectivity index (χ1) is 9.67. The van der Waals surface area contributed by atoms with E-state index in [2.05, 4.69) is 61.4 Å². The summed E-state index contributed by atoms with van der Waals surface area (Å²) in [5, 5.41) is 1.28. The molecule has 3 aromatic rings. The summed E-state index contributed by atoms with van der Waals surface area (Å²) in [6.45, 7) is 4.97. The quantitative estimate of drug-likeness (QED) is 0.739. The van der Waals surface area contributed by atoms with Gasteiger partial charge in [-0.05, 0) is 49.6 Å². The van der Waals surface area contributed by atoms with Crippen molar-refractivity contribution in [3.05, 3.63) is 59.3 Å². The van der Waals surface area contributed by atoms with E-state index in [0.717, 1.165) is 6.42 Å². The van der Waals surface area contributed by atoms with Crippen LogP contribution in [-0.4, -0.2) is 11.5 Å². The Morgan fingerprint density at radius 1 is 0.950 bits per heavy atom. The molecule has 3 N–H and O–H groups in total. The SMILES string of the molecule is Cc1cc(C)cc(-c2ccc3c(CCN)c[nH]c3c2)c1. The molecule has 0 aliphatic carbocycles. The Balaban J connectivity index is 2.09. The van der Waals surface area contributed by atoms with Gasteiger partial charge >= 0.3 is 0 Å². The predicted octanol–water partition coefficient (Wildman–Crippen LogP) is 3.95. The lowest BCUT2D eigenvalue weighted by Gasteiger charge is -2.06. The zero-order valence-electron chi connectivity index (χ0n) is 12.0. The fourth-order valence-electron chi connectivity index (χ4n) is 2.87. The monoisotopic (exact) mass is 264 g/mol. The highest BCUT2D eigenvalue weighted by Crippen LogP contribution is 2.27. The van der Waals surface area contributed by atoms with Crippen LogP contribution in [0.5, 0.6) is 0 Å². The number of aromatic amines is 1. The third-order valence-corrected chi connectivity index (χ3v) is 3.74. The number of fused-ring (bicyclic) bond motifs is 1. The second-order valence-corrected chi connectivity index (χ2v) is 5.49. The molecule has 2 heteroatoms. The smallest absolute Gasteiger partial charge is 0.0463 e. The minimum atomic E-state index is 0.686. The average Bonchev–Trinajstić information content (AvgIpc) is 2.81. The maximum Gasteiger partial charge on any atom is 0.0463 e. The standard InChI is InChI=1S/C18H20N2/c1-12-7-13(2)9-16(8-12)14-3-4-17-15(5-6-19)11-20-18(17)10-14/h3-4,7-11,20H,5-6,19H2,1-2H3. The third-order valence-electron chi connectivity index (χ3n) is 3.74. The molecule has 0 aliphatic rings. The van der Waals surface area contributed by atoms with Crippen molar-refractivity contribution in [3.8, 4) is 11.1 Å². The van der Waals surface area contributed by atoms with Crippen LogP contribution in [0.2, 0.25) is 0 Å². The first kappa shape index (κ1) is 12.9. The van der Waals surface area contributed by atoms with Crippen LogP contribution in [0.25, 0.3) is 22.0 Å². The van der Waals surface area contributed by atoms with Crippen LogP contribution in [0, 0.1) is 13.8 Å². The van der Waals surface area contributed by atoms with E-state index in [1.54, 1.807) is 0 Å². The van der Waals surface area contributed by atoms with Crippen LogP contribution in [0.4, 0.5) is 0 Å². The van der Waals surface area contributed by atoms with Crippen molar-refractivity contribution < 1.29 is 0 Å². The number of H-pyrrole nitrogens is 1. The van der Waals surface area contributed by atoms with Gasteiger partial charge in [-0.25, -0.2) is 0 Å². The molecule has 2 aromatic carbocycles. The van der Waals surface area contributed by atoms with Crippen molar-refractivity contribution in [2.45, 2.75) is 20.3 Å². The number of benzene rings is 2. The number of nitrogens with one attached hydrogen (secondary N) is 1. The van der Waals surface area contributed by atoms with Crippen molar-refractivity contribution in [1.82, 2.24) is 4.98 Å². The van der Waals surface area contributed by atoms with E-state index in [1.807, 2.05) is 0 Å². The summed E-state index contributed by atoms with van der Waals surface area (Å²) >= 11 is 0. The summed E-state index contributed by atoms with van der Waals surface area (Å²) in [6.07, 6.45) is 2.99. The Kier molecular flexibility index (Phi) is 3.33. The zero-order chi connectivity index (χ0) is 14.1. The van der Waals surface area contributed by atoms with Gasteiger partial charge in [0, 0.05) is 17.1 Å². The van der Waals surface area contributed by atoms with Gasteiger partial charge in [-0.15, -0.1) is 0 Å². The number of rotatable bonds is 3. The van der Waals surface area contributed by atoms with Crippen LogP contribution >= 0.6 is 0 Å². The Morgan fingerprint density at radius 3 is 2.40 bits per heavy atom. The molecular weight excluding hydrogens is 244 g/mol. The van der Waals surface area contributed by atoms with E-state index in [-0.39, 0.29) is 0 Å². The first-order valence-corrected chi connectivity index (χ1v) is 7.06. The van der Waals surface area contributed by atoms with Gasteiger partial charge in [0.2, 0.25) is 0 Å². The topological polar surface area (TPSA) is 41.8 Å². The van der Waals surface area contributed by atoms with Gasteiger partial charge in [0.25, 0.3) is 0 Å². The maximum atomic E-state index is 5.65. The molecule has 0 radical (unpaired) electrons. The molecule has 0 bridgehead atoms. The van der Waals surface area contributed by atoms with E-state index < -0.39 is 0 Å². The predicted molar refractivity (Wildman–Crippen MR) is 86.0 cm³/mol. The van der Waals surface area contributed by atoms with Gasteiger partial charge in [-0.2, -0.15) is 0 Å². The van der Waals surface area contributed by atoms with Crippen LogP contribution in [0.3, 0.4) is 0 Å². The lowest BCUT2D eigenvalue weighted by atomic mass is 9.99. The normalized spacial score (nSPS) is 11.2. The van der Waals surface area contributed by atoms with Crippen molar-refractivity contribution in [1.29, 1.82) is 0 Å². The van der Waals surface area contributed by atoms with Gasteiger partial charge < -0.3 is 10.7 Å². The van der Waals surface area contributed by atoms with Gasteiger partial charge in [0.1, 0.15) is 0 Å². The van der Waals surface area contributed by atoms with Gasteiger partial charge in [-0.1, -0.05) is 41.5 Å². The molecule has 0 spiro atoms. The first-order valence-electron chi connectivity index (χ1n) is 7.06. The Hall–Kier alpha value is -2.06. The number of hydrogen-bond donors (Lipinski definition) is 2. The van der Waals surface area contributed by atoms with E-state index in [0.29, 0.717) is 6.54 Å². The van der Waals surface area contributed by atoms with Crippen molar-refractivity contribution in [3.63, 3.8) is 0 Å². The fraction of sp³-hybridized carbons (Fsp3) is 0.222. The maximum absolute atomic E-state index is 5.65. The van der Waals surface area contributed by atoms with E-state index in [1.165, 1.54) is 38.7 Å². The molecule has 3 rings (SSSR count). The number of hydrogen-bond acceptors (Lipinski definition) is 1. The second-order valence-electron chi connectivity index (χ2n) is 5.49. The highest BCUT2D eigenvalue weighted by Gasteiger charge is 2.06. The van der Waals surface area contributed by atoms with Gasteiger partial charge in [-0.3, -0.25) is 0 Å². The molecule has 2 nitrogen and oxygen atoms in total. The fourth-order valence-corrected chi connectivity index (χ4v) is 2.87. The molecule has 0 saturated heterocycles. The van der Waals surface area contributed by atoms with E-state index in [9.17, 15) is 0 Å². The number of aryl methyl sites for hydroxylation is 2. The van der Waals surface area contributed by atoms with E-state index in [4.69, 9.17) is 5.73 Å². The molecule has 0 saturated carbocycles. The van der Waals surface area contributed by atoms with Gasteiger partial charge in [0.15, 0.2) is 0 Å². The van der Waals surface area contributed by atoms with Crippen LogP contribution in [-0.2, 0) is 6.42 Å². The molecule has 0 aliphatic heterocycles. The summed E-state index contributed by atoms with van der Waals surface area (Å²) in [6, 6.07) is 13.3. The minimum Gasteiger partial charge on any atom is -0.361 e. The van der Waals surface area contributed by atoms with Crippen molar-refractivity contribution >= 4 is 10.9 Å². The average molecular weight is 264 g/mol. The van der Waals surface area contributed by atoms with Crippen LogP contribution < -0.4 is 5.73 Å². The highest BCUT2D eigenvalue weighted by atomic mass is 14.7. The largest absolute Gasteiger partial charge is 0.361 e. The molecule has 1 heterocycles. The Bertz CT molecular complexity index is 733. The highest BCUT2D eigenvalue weighted by molar-refractivity contribution is 5.87. The molecule has 0 fully saturated rings. The summed E-state index contributed by atoms with van der Waals surface area (Å²) in [5.74, 6) is 0. The van der Waals surface area contributed by atoms with Crippen LogP contribution in [0.1, 0.15) is 16.7 Å². The van der Waals surface area contributed by atoms with Gasteiger partial charge in [0.05, 0.1) is 0 Å². The lowest BCUT2D eigenvalue weighted by molar-refractivity contribution is 0.976. The molecule has 0 atom stereocenters. The second kappa shape index (κ2) is 5.14. The molecule has 1 aromatic heterocycles. The Labute approximate surface area is 119 Å². The van der Waals surface area contributed by atoms with Crippen molar-refractivity contribution in [2.24, 2.45) is 5.73 Å². The molecular formula is C18H20N2. The number of nitrogens with two attached hydrogens (primary N) is 1. The Morgan fingerprint density at radius 2 is 1.70 bits per heavy atom. The summed E-state index contributed by atoms with van der Waals surface area (Å²) in [7, 11) is 0. The summed E-state index contributed by atoms with van der Waals surface area (Å²) in [5.41, 5.74) is 13.3. The molecule has 0 unspecified atom stereocenters. The van der Waals surface area contributed by atoms with E-state index >= 15 is 0 Å². The lowest BCUT2D eigenvalue weighted by Crippen LogP contribution is -2.01.